The lowest BCUT2D eigenvalue weighted by Crippen LogP contribution is -2.29. The van der Waals surface area contributed by atoms with E-state index in [2.05, 4.69) is 15.0 Å². The van der Waals surface area contributed by atoms with Crippen molar-refractivity contribution in [3.8, 4) is 17.2 Å². The first-order chi connectivity index (χ1) is 20.4. The second-order valence-electron chi connectivity index (χ2n) is 10.0. The molecule has 0 radical (unpaired) electrons. The summed E-state index contributed by atoms with van der Waals surface area (Å²) >= 11 is 5.86. The smallest absolute Gasteiger partial charge is 0.296 e. The molecule has 0 unspecified atom stereocenters. The van der Waals surface area contributed by atoms with Crippen LogP contribution in [0.15, 0.2) is 66.9 Å². The summed E-state index contributed by atoms with van der Waals surface area (Å²) in [5.74, 6) is 0.720. The Morgan fingerprint density at radius 1 is 1.07 bits per heavy atom. The molecule has 0 amide bonds. The quantitative estimate of drug-likeness (QED) is 0.149. The number of nitrogens with zero attached hydrogens (tertiary/aromatic N) is 4. The van der Waals surface area contributed by atoms with Gasteiger partial charge in [-0.3, -0.25) is 19.8 Å². The number of rotatable bonds is 9. The third-order valence-electron chi connectivity index (χ3n) is 7.26. The third-order valence-corrected chi connectivity index (χ3v) is 8.17. The molecule has 0 spiro atoms. The SMILES string of the molecule is COc1ccc(-n2c(C)cc([C@H]3[C@H](c4ccccn4)NC(=S)N3c3ccc(OC)c(NS(C)(=O)=O)c3)c2C)c([N+](=O)[O-])c1. The van der Waals surface area contributed by atoms with Gasteiger partial charge in [-0.25, -0.2) is 8.42 Å². The van der Waals surface area contributed by atoms with Crippen LogP contribution in [0.5, 0.6) is 11.5 Å². The average Bonchev–Trinajstić information content (AvgIpc) is 3.46. The number of nitrogens with one attached hydrogen (secondary N) is 2. The maximum atomic E-state index is 12.1. The Balaban J connectivity index is 1.71. The topological polar surface area (TPSA) is 141 Å². The lowest BCUT2D eigenvalue weighted by molar-refractivity contribution is -0.384. The minimum Gasteiger partial charge on any atom is -0.496 e. The fraction of sp³-hybridized carbons (Fsp3) is 0.241. The predicted octanol–water partition coefficient (Wildman–Crippen LogP) is 4.96. The number of ether oxygens (including phenoxy) is 2. The molecule has 12 nitrogen and oxygen atoms in total. The lowest BCUT2D eigenvalue weighted by atomic mass is 9.96. The van der Waals surface area contributed by atoms with Crippen molar-refractivity contribution in [2.45, 2.75) is 25.9 Å². The number of sulfonamides is 1. The fourth-order valence-corrected chi connectivity index (χ4v) is 6.40. The molecule has 0 bridgehead atoms. The highest BCUT2D eigenvalue weighted by molar-refractivity contribution is 7.92. The van der Waals surface area contributed by atoms with E-state index >= 15 is 0 Å². The number of benzene rings is 2. The molecule has 2 atom stereocenters. The first-order valence-electron chi connectivity index (χ1n) is 13.1. The molecule has 0 saturated carbocycles. The van der Waals surface area contributed by atoms with Crippen molar-refractivity contribution in [2.75, 3.05) is 30.1 Å². The maximum Gasteiger partial charge on any atom is 0.296 e. The lowest BCUT2D eigenvalue weighted by Gasteiger charge is -2.29. The van der Waals surface area contributed by atoms with Gasteiger partial charge < -0.3 is 24.3 Å². The van der Waals surface area contributed by atoms with Gasteiger partial charge in [0, 0.05) is 23.3 Å². The van der Waals surface area contributed by atoms with Crippen LogP contribution in [-0.2, 0) is 10.0 Å². The summed E-state index contributed by atoms with van der Waals surface area (Å²) in [6.07, 6.45) is 2.76. The van der Waals surface area contributed by atoms with Crippen molar-refractivity contribution in [1.29, 1.82) is 0 Å². The number of anilines is 2. The molecule has 1 fully saturated rings. The highest BCUT2D eigenvalue weighted by Crippen LogP contribution is 2.45. The predicted molar refractivity (Wildman–Crippen MR) is 168 cm³/mol. The standard InChI is InChI=1S/C29H30N6O6S2/c1-17-14-21(18(2)33(17)24-11-10-20(40-3)16-25(24)35(36)37)28-27(22-8-6-7-13-30-22)31-29(42)34(28)19-9-12-26(41-4)23(15-19)32-43(5,38)39/h6-16,27-28,32H,1-5H3,(H,31,42)/t27-,28-/m0/s1. The van der Waals surface area contributed by atoms with Gasteiger partial charge in [-0.05, 0) is 80.2 Å². The van der Waals surface area contributed by atoms with E-state index < -0.39 is 27.0 Å². The zero-order valence-corrected chi connectivity index (χ0v) is 25.7. The molecule has 43 heavy (non-hydrogen) atoms. The van der Waals surface area contributed by atoms with Crippen LogP contribution in [0.1, 0.15) is 34.7 Å². The van der Waals surface area contributed by atoms with E-state index in [-0.39, 0.29) is 11.4 Å². The van der Waals surface area contributed by atoms with Crippen LogP contribution in [0.4, 0.5) is 17.1 Å². The van der Waals surface area contributed by atoms with Gasteiger partial charge in [0.1, 0.15) is 17.2 Å². The molecule has 0 aliphatic carbocycles. The number of hydrogen-bond donors (Lipinski definition) is 2. The van der Waals surface area contributed by atoms with E-state index in [0.29, 0.717) is 28.0 Å². The Bertz CT molecular complexity index is 1830. The number of nitro benzene ring substituents is 1. The Morgan fingerprint density at radius 3 is 2.47 bits per heavy atom. The van der Waals surface area contributed by atoms with E-state index in [1.54, 1.807) is 36.5 Å². The van der Waals surface area contributed by atoms with Crippen molar-refractivity contribution < 1.29 is 22.8 Å². The summed E-state index contributed by atoms with van der Waals surface area (Å²) in [6.45, 7) is 3.78. The Morgan fingerprint density at radius 2 is 1.84 bits per heavy atom. The van der Waals surface area contributed by atoms with Crippen LogP contribution in [0.25, 0.3) is 5.69 Å². The number of methoxy groups -OCH3 is 2. The van der Waals surface area contributed by atoms with Gasteiger partial charge in [-0.1, -0.05) is 6.07 Å². The van der Waals surface area contributed by atoms with Gasteiger partial charge in [-0.2, -0.15) is 0 Å². The molecule has 4 aromatic rings. The molecule has 14 heteroatoms. The number of nitro groups is 1. The van der Waals surface area contributed by atoms with Gasteiger partial charge >= 0.3 is 0 Å². The van der Waals surface area contributed by atoms with Crippen molar-refractivity contribution >= 4 is 44.4 Å². The van der Waals surface area contributed by atoms with Crippen molar-refractivity contribution in [3.05, 3.63) is 99.6 Å². The third kappa shape index (κ3) is 5.70. The summed E-state index contributed by atoms with van der Waals surface area (Å²) in [4.78, 5) is 18.1. The molecule has 5 rings (SSSR count). The van der Waals surface area contributed by atoms with Crippen LogP contribution < -0.4 is 24.4 Å². The minimum absolute atomic E-state index is 0.0995. The molecular weight excluding hydrogens is 592 g/mol. The summed E-state index contributed by atoms with van der Waals surface area (Å²) in [7, 11) is -0.697. The van der Waals surface area contributed by atoms with Crippen LogP contribution in [-0.4, -0.2) is 48.5 Å². The molecule has 2 aromatic heterocycles. The highest BCUT2D eigenvalue weighted by atomic mass is 32.2. The van der Waals surface area contributed by atoms with Gasteiger partial charge in [0.05, 0.1) is 54.9 Å². The van der Waals surface area contributed by atoms with E-state index in [0.717, 1.165) is 28.9 Å². The molecular formula is C29H30N6O6S2. The van der Waals surface area contributed by atoms with Gasteiger partial charge in [0.2, 0.25) is 10.0 Å². The van der Waals surface area contributed by atoms with Crippen molar-refractivity contribution in [2.24, 2.45) is 0 Å². The Labute approximate surface area is 254 Å². The van der Waals surface area contributed by atoms with E-state index in [9.17, 15) is 18.5 Å². The molecule has 1 aliphatic rings. The first kappa shape index (κ1) is 29.8. The summed E-state index contributed by atoms with van der Waals surface area (Å²) in [5, 5.41) is 15.9. The van der Waals surface area contributed by atoms with Crippen molar-refractivity contribution in [3.63, 3.8) is 0 Å². The average molecular weight is 623 g/mol. The summed E-state index contributed by atoms with van der Waals surface area (Å²) < 4.78 is 39.3. The molecule has 2 N–H and O–H groups in total. The minimum atomic E-state index is -3.61. The number of hydrogen-bond acceptors (Lipinski definition) is 8. The van der Waals surface area contributed by atoms with E-state index in [4.69, 9.17) is 21.7 Å². The van der Waals surface area contributed by atoms with Crippen LogP contribution >= 0.6 is 12.2 Å². The van der Waals surface area contributed by atoms with E-state index in [1.807, 2.05) is 47.6 Å². The van der Waals surface area contributed by atoms with Gasteiger partial charge in [0.15, 0.2) is 5.11 Å². The molecule has 1 saturated heterocycles. The molecule has 224 valence electrons. The molecule has 1 aliphatic heterocycles. The number of pyridine rings is 1. The van der Waals surface area contributed by atoms with E-state index in [1.165, 1.54) is 20.3 Å². The first-order valence-corrected chi connectivity index (χ1v) is 15.4. The van der Waals surface area contributed by atoms with Crippen LogP contribution in [0, 0.1) is 24.0 Å². The number of aromatic nitrogens is 2. The zero-order chi connectivity index (χ0) is 31.1. The highest BCUT2D eigenvalue weighted by Gasteiger charge is 2.42. The second kappa shape index (κ2) is 11.5. The molecule has 3 heterocycles. The van der Waals surface area contributed by atoms with Crippen molar-refractivity contribution in [1.82, 2.24) is 14.9 Å². The Kier molecular flexibility index (Phi) is 7.99. The fourth-order valence-electron chi connectivity index (χ4n) is 5.50. The van der Waals surface area contributed by atoms with Crippen LogP contribution in [0.2, 0.25) is 0 Å². The number of aryl methyl sites for hydroxylation is 1. The summed E-state index contributed by atoms with van der Waals surface area (Å²) in [5.41, 5.74) is 4.27. The monoisotopic (exact) mass is 622 g/mol. The maximum absolute atomic E-state index is 12.1. The second-order valence-corrected chi connectivity index (χ2v) is 12.2. The normalized spacial score (nSPS) is 16.6. The zero-order valence-electron chi connectivity index (χ0n) is 24.1. The Hall–Kier alpha value is -4.69. The molecule has 2 aromatic carbocycles. The van der Waals surface area contributed by atoms with Gasteiger partial charge in [0.25, 0.3) is 5.69 Å². The summed E-state index contributed by atoms with van der Waals surface area (Å²) in [6, 6.07) is 16.6. The van der Waals surface area contributed by atoms with Crippen LogP contribution in [0.3, 0.4) is 0 Å². The van der Waals surface area contributed by atoms with Gasteiger partial charge in [-0.15, -0.1) is 0 Å². The largest absolute Gasteiger partial charge is 0.496 e. The number of thiocarbonyl (C=S) groups is 1.